The van der Waals surface area contributed by atoms with Crippen molar-refractivity contribution in [3.05, 3.63) is 0 Å². The maximum atomic E-state index is 12.6. The number of esters is 1. The van der Waals surface area contributed by atoms with Crippen molar-refractivity contribution in [2.45, 2.75) is 84.3 Å². The fraction of sp³-hybridized carbons (Fsp3) is 0.944. The third-order valence-electron chi connectivity index (χ3n) is 5.57. The van der Waals surface area contributed by atoms with Gasteiger partial charge in [-0.3, -0.25) is 9.69 Å². The number of carbonyl (C=O) groups is 1. The molecule has 0 radical (unpaired) electrons. The number of likely N-dealkylation sites (tertiary alicyclic amines) is 1. The Bertz CT molecular complexity index is 325. The number of hydrogen-bond acceptors (Lipinski definition) is 3. The predicted molar refractivity (Wildman–Crippen MR) is 93.4 cm³/mol. The summed E-state index contributed by atoms with van der Waals surface area (Å²) in [5.74, 6) is 0.791. The van der Waals surface area contributed by atoms with E-state index in [0.717, 1.165) is 25.9 Å². The average molecular weight is 332 g/mol. The van der Waals surface area contributed by atoms with E-state index in [4.69, 9.17) is 4.74 Å². The molecule has 1 saturated carbocycles. The number of carbonyl (C=O) groups excluding carboxylic acids is 1. The molecule has 22 heavy (non-hydrogen) atoms. The molecular weight excluding hydrogens is 298 g/mol. The minimum Gasteiger partial charge on any atom is -0.461 e. The van der Waals surface area contributed by atoms with Crippen LogP contribution in [0.1, 0.15) is 72.1 Å². The highest BCUT2D eigenvalue weighted by molar-refractivity contribution is 5.85. The van der Waals surface area contributed by atoms with Gasteiger partial charge in [0.2, 0.25) is 0 Å². The quantitative estimate of drug-likeness (QED) is 0.646. The number of ether oxygens (including phenoxy) is 1. The second-order valence-corrected chi connectivity index (χ2v) is 7.07. The smallest absolute Gasteiger partial charge is 0.309 e. The zero-order valence-corrected chi connectivity index (χ0v) is 15.4. The van der Waals surface area contributed by atoms with Gasteiger partial charge in [0.05, 0.1) is 5.92 Å². The molecule has 1 heterocycles. The van der Waals surface area contributed by atoms with Crippen LogP contribution in [-0.2, 0) is 9.53 Å². The lowest BCUT2D eigenvalue weighted by atomic mass is 9.87. The van der Waals surface area contributed by atoms with E-state index in [-0.39, 0.29) is 30.4 Å². The van der Waals surface area contributed by atoms with Gasteiger partial charge in [0.15, 0.2) is 0 Å². The van der Waals surface area contributed by atoms with Gasteiger partial charge in [0, 0.05) is 6.04 Å². The highest BCUT2D eigenvalue weighted by atomic mass is 35.5. The van der Waals surface area contributed by atoms with E-state index in [1.54, 1.807) is 0 Å². The van der Waals surface area contributed by atoms with Crippen molar-refractivity contribution in [2.24, 2.45) is 11.8 Å². The summed E-state index contributed by atoms with van der Waals surface area (Å²) in [6.07, 6.45) is 9.66. The first-order valence-electron chi connectivity index (χ1n) is 9.08. The summed E-state index contributed by atoms with van der Waals surface area (Å²) in [5.41, 5.74) is 0. The van der Waals surface area contributed by atoms with E-state index < -0.39 is 0 Å². The van der Waals surface area contributed by atoms with Crippen molar-refractivity contribution in [3.63, 3.8) is 0 Å². The standard InChI is InChI=1S/C18H33NO2.ClH/c1-4-9-17(16-10-5-6-11-16)18(20)21-15(3)14(2)19-12-7-8-13-19;/h14-17H,4-13H2,1-3H3;1H. The second kappa shape index (κ2) is 9.77. The molecule has 1 saturated heterocycles. The fourth-order valence-electron chi connectivity index (χ4n) is 4.03. The van der Waals surface area contributed by atoms with Crippen LogP contribution in [0.2, 0.25) is 0 Å². The number of hydrogen-bond donors (Lipinski definition) is 0. The molecule has 0 N–H and O–H groups in total. The Morgan fingerprint density at radius 2 is 1.73 bits per heavy atom. The van der Waals surface area contributed by atoms with Gasteiger partial charge in [0.25, 0.3) is 0 Å². The Balaban J connectivity index is 0.00000242. The van der Waals surface area contributed by atoms with Crippen LogP contribution < -0.4 is 0 Å². The van der Waals surface area contributed by atoms with Crippen molar-refractivity contribution in [1.29, 1.82) is 0 Å². The van der Waals surface area contributed by atoms with E-state index in [0.29, 0.717) is 12.0 Å². The van der Waals surface area contributed by atoms with Crippen molar-refractivity contribution in [1.82, 2.24) is 4.90 Å². The minimum absolute atomic E-state index is 0. The summed E-state index contributed by atoms with van der Waals surface area (Å²) in [7, 11) is 0. The van der Waals surface area contributed by atoms with Crippen LogP contribution in [0.3, 0.4) is 0 Å². The topological polar surface area (TPSA) is 29.5 Å². The molecule has 2 aliphatic rings. The number of halogens is 1. The van der Waals surface area contributed by atoms with Crippen molar-refractivity contribution < 1.29 is 9.53 Å². The lowest BCUT2D eigenvalue weighted by Gasteiger charge is -2.31. The molecule has 0 amide bonds. The Morgan fingerprint density at radius 1 is 1.14 bits per heavy atom. The highest BCUT2D eigenvalue weighted by Crippen LogP contribution is 2.34. The van der Waals surface area contributed by atoms with Gasteiger partial charge in [-0.2, -0.15) is 0 Å². The molecule has 0 spiro atoms. The first kappa shape index (κ1) is 19.8. The monoisotopic (exact) mass is 331 g/mol. The summed E-state index contributed by atoms with van der Waals surface area (Å²) in [6.45, 7) is 8.76. The van der Waals surface area contributed by atoms with Crippen LogP contribution in [0.5, 0.6) is 0 Å². The molecule has 1 aliphatic carbocycles. The van der Waals surface area contributed by atoms with Crippen LogP contribution in [0.4, 0.5) is 0 Å². The molecule has 0 aromatic carbocycles. The Hall–Kier alpha value is -0.280. The Labute approximate surface area is 142 Å². The zero-order chi connectivity index (χ0) is 15.2. The molecule has 0 aromatic rings. The van der Waals surface area contributed by atoms with Gasteiger partial charge < -0.3 is 4.74 Å². The highest BCUT2D eigenvalue weighted by Gasteiger charge is 2.33. The van der Waals surface area contributed by atoms with Gasteiger partial charge in [0.1, 0.15) is 6.10 Å². The number of rotatable bonds is 7. The SMILES string of the molecule is CCCC(C(=O)OC(C)C(C)N1CCCC1)C1CCCC1.Cl. The van der Waals surface area contributed by atoms with Crippen LogP contribution >= 0.6 is 12.4 Å². The normalized spacial score (nSPS) is 23.8. The van der Waals surface area contributed by atoms with Crippen LogP contribution in [0.15, 0.2) is 0 Å². The maximum Gasteiger partial charge on any atom is 0.309 e. The lowest BCUT2D eigenvalue weighted by molar-refractivity contribution is -0.158. The molecule has 4 heteroatoms. The first-order chi connectivity index (χ1) is 10.1. The summed E-state index contributed by atoms with van der Waals surface area (Å²) in [5, 5.41) is 0. The van der Waals surface area contributed by atoms with Gasteiger partial charge >= 0.3 is 5.97 Å². The van der Waals surface area contributed by atoms with E-state index in [1.165, 1.54) is 38.5 Å². The third kappa shape index (κ3) is 5.13. The van der Waals surface area contributed by atoms with Crippen molar-refractivity contribution in [3.8, 4) is 0 Å². The molecule has 2 rings (SSSR count). The zero-order valence-electron chi connectivity index (χ0n) is 14.6. The lowest BCUT2D eigenvalue weighted by Crippen LogP contribution is -2.41. The first-order valence-corrected chi connectivity index (χ1v) is 9.08. The molecule has 3 unspecified atom stereocenters. The summed E-state index contributed by atoms with van der Waals surface area (Å²) in [4.78, 5) is 15.1. The molecule has 3 nitrogen and oxygen atoms in total. The molecule has 1 aliphatic heterocycles. The molecule has 0 aromatic heterocycles. The van der Waals surface area contributed by atoms with Crippen LogP contribution in [-0.4, -0.2) is 36.1 Å². The molecular formula is C18H34ClNO2. The molecule has 130 valence electrons. The number of nitrogens with zero attached hydrogens (tertiary/aromatic N) is 1. The maximum absolute atomic E-state index is 12.6. The Kier molecular flexibility index (Phi) is 8.78. The van der Waals surface area contributed by atoms with Crippen LogP contribution in [0.25, 0.3) is 0 Å². The largest absolute Gasteiger partial charge is 0.461 e. The molecule has 0 bridgehead atoms. The summed E-state index contributed by atoms with van der Waals surface area (Å²) in [6, 6.07) is 0.349. The summed E-state index contributed by atoms with van der Waals surface area (Å²) >= 11 is 0. The van der Waals surface area contributed by atoms with E-state index in [9.17, 15) is 4.79 Å². The van der Waals surface area contributed by atoms with E-state index in [2.05, 4.69) is 25.7 Å². The summed E-state index contributed by atoms with van der Waals surface area (Å²) < 4.78 is 5.87. The van der Waals surface area contributed by atoms with E-state index >= 15 is 0 Å². The van der Waals surface area contributed by atoms with Gasteiger partial charge in [-0.25, -0.2) is 0 Å². The van der Waals surface area contributed by atoms with Crippen molar-refractivity contribution >= 4 is 18.4 Å². The van der Waals surface area contributed by atoms with Gasteiger partial charge in [-0.1, -0.05) is 26.2 Å². The average Bonchev–Trinajstić information content (AvgIpc) is 3.16. The van der Waals surface area contributed by atoms with E-state index in [1.807, 2.05) is 0 Å². The Morgan fingerprint density at radius 3 is 2.27 bits per heavy atom. The minimum atomic E-state index is 0. The van der Waals surface area contributed by atoms with Crippen LogP contribution in [0, 0.1) is 11.8 Å². The molecule has 2 fully saturated rings. The third-order valence-corrected chi connectivity index (χ3v) is 5.57. The van der Waals surface area contributed by atoms with Gasteiger partial charge in [-0.05, 0) is 65.0 Å². The predicted octanol–water partition coefficient (Wildman–Crippen LogP) is 4.43. The van der Waals surface area contributed by atoms with Crippen molar-refractivity contribution in [2.75, 3.05) is 13.1 Å². The van der Waals surface area contributed by atoms with Gasteiger partial charge in [-0.15, -0.1) is 12.4 Å². The molecule has 3 atom stereocenters. The fourth-order valence-corrected chi connectivity index (χ4v) is 4.03. The second-order valence-electron chi connectivity index (χ2n) is 7.07.